The number of non-ortho nitro benzene ring substituents is 1. The molecule has 2 aromatic rings. The lowest BCUT2D eigenvalue weighted by Crippen LogP contribution is -2.18. The van der Waals surface area contributed by atoms with Gasteiger partial charge in [0.2, 0.25) is 5.91 Å². The summed E-state index contributed by atoms with van der Waals surface area (Å²) in [6.45, 7) is 0. The fourth-order valence-electron chi connectivity index (χ4n) is 2.21. The van der Waals surface area contributed by atoms with E-state index in [2.05, 4.69) is 15.8 Å². The van der Waals surface area contributed by atoms with Crippen LogP contribution in [0.3, 0.4) is 0 Å². The van der Waals surface area contributed by atoms with E-state index in [9.17, 15) is 19.7 Å². The molecule has 2 aromatic carbocycles. The third-order valence-corrected chi connectivity index (χ3v) is 3.85. The van der Waals surface area contributed by atoms with Crippen LogP contribution in [0.25, 0.3) is 0 Å². The van der Waals surface area contributed by atoms with Crippen molar-refractivity contribution < 1.29 is 14.5 Å². The molecule has 1 aliphatic carbocycles. The van der Waals surface area contributed by atoms with Crippen LogP contribution in [-0.2, 0) is 4.79 Å². The Bertz CT molecular complexity index is 856. The second-order valence-corrected chi connectivity index (χ2v) is 5.89. The summed E-state index contributed by atoms with van der Waals surface area (Å²) in [4.78, 5) is 33.8. The van der Waals surface area contributed by atoms with Gasteiger partial charge in [-0.25, -0.2) is 5.43 Å². The molecule has 26 heavy (non-hydrogen) atoms. The molecule has 8 heteroatoms. The average molecular weight is 352 g/mol. The third-order valence-electron chi connectivity index (χ3n) is 3.85. The summed E-state index contributed by atoms with van der Waals surface area (Å²) in [6, 6.07) is 12.3. The zero-order chi connectivity index (χ0) is 18.5. The van der Waals surface area contributed by atoms with E-state index in [0.29, 0.717) is 16.8 Å². The highest BCUT2D eigenvalue weighted by Gasteiger charge is 2.29. The van der Waals surface area contributed by atoms with Gasteiger partial charge < -0.3 is 5.32 Å². The first-order valence-electron chi connectivity index (χ1n) is 8.02. The van der Waals surface area contributed by atoms with Crippen molar-refractivity contribution in [2.45, 2.75) is 12.8 Å². The number of hydrogen-bond donors (Lipinski definition) is 2. The van der Waals surface area contributed by atoms with E-state index in [1.807, 2.05) is 0 Å². The van der Waals surface area contributed by atoms with Gasteiger partial charge in [0.25, 0.3) is 11.6 Å². The smallest absolute Gasteiger partial charge is 0.271 e. The van der Waals surface area contributed by atoms with Crippen LogP contribution in [-0.4, -0.2) is 23.0 Å². The number of nitro groups is 1. The van der Waals surface area contributed by atoms with E-state index in [4.69, 9.17) is 0 Å². The normalized spacial score (nSPS) is 13.4. The van der Waals surface area contributed by atoms with Gasteiger partial charge in [0.15, 0.2) is 0 Å². The van der Waals surface area contributed by atoms with Crippen molar-refractivity contribution in [2.24, 2.45) is 11.0 Å². The summed E-state index contributed by atoms with van der Waals surface area (Å²) >= 11 is 0. The maximum Gasteiger partial charge on any atom is 0.271 e. The molecule has 0 spiro atoms. The summed E-state index contributed by atoms with van der Waals surface area (Å²) < 4.78 is 0. The lowest BCUT2D eigenvalue weighted by Gasteiger charge is -2.05. The highest BCUT2D eigenvalue weighted by molar-refractivity contribution is 5.97. The molecular weight excluding hydrogens is 336 g/mol. The lowest BCUT2D eigenvalue weighted by molar-refractivity contribution is -0.384. The summed E-state index contributed by atoms with van der Waals surface area (Å²) in [5.41, 5.74) is 4.03. The minimum Gasteiger partial charge on any atom is -0.326 e. The number of carbonyl (C=O) groups excluding carboxylic acids is 2. The van der Waals surface area contributed by atoms with Gasteiger partial charge in [-0.05, 0) is 54.8 Å². The SMILES string of the molecule is O=C(N/N=C/c1ccc([N+](=O)[O-])cc1)c1ccc(NC(=O)C2CC2)cc1. The monoisotopic (exact) mass is 352 g/mol. The number of nitro benzene ring substituents is 1. The van der Waals surface area contributed by atoms with Crippen molar-refractivity contribution in [1.82, 2.24) is 5.43 Å². The van der Waals surface area contributed by atoms with Crippen LogP contribution < -0.4 is 10.7 Å². The molecular formula is C18H16N4O4. The highest BCUT2D eigenvalue weighted by Crippen LogP contribution is 2.30. The quantitative estimate of drug-likeness (QED) is 0.472. The molecule has 0 saturated heterocycles. The molecule has 8 nitrogen and oxygen atoms in total. The first-order chi connectivity index (χ1) is 12.5. The van der Waals surface area contributed by atoms with Crippen molar-refractivity contribution in [3.63, 3.8) is 0 Å². The molecule has 0 unspecified atom stereocenters. The number of nitrogens with zero attached hydrogens (tertiary/aromatic N) is 2. The Morgan fingerprint density at radius 2 is 1.73 bits per heavy atom. The maximum atomic E-state index is 12.0. The first kappa shape index (κ1) is 17.3. The molecule has 132 valence electrons. The third kappa shape index (κ3) is 4.50. The predicted octanol–water partition coefficient (Wildman–Crippen LogP) is 2.71. The molecule has 0 heterocycles. The van der Waals surface area contributed by atoms with E-state index >= 15 is 0 Å². The Kier molecular flexibility index (Phi) is 5.02. The number of benzene rings is 2. The number of hydrogen-bond acceptors (Lipinski definition) is 5. The number of nitrogens with one attached hydrogen (secondary N) is 2. The van der Waals surface area contributed by atoms with Crippen molar-refractivity contribution in [3.05, 3.63) is 69.8 Å². The van der Waals surface area contributed by atoms with Crippen LogP contribution in [0.2, 0.25) is 0 Å². The van der Waals surface area contributed by atoms with Gasteiger partial charge in [0, 0.05) is 29.3 Å². The average Bonchev–Trinajstić information content (AvgIpc) is 3.48. The van der Waals surface area contributed by atoms with Crippen molar-refractivity contribution in [2.75, 3.05) is 5.32 Å². The second-order valence-electron chi connectivity index (χ2n) is 5.89. The fourth-order valence-corrected chi connectivity index (χ4v) is 2.21. The molecule has 0 aliphatic heterocycles. The maximum absolute atomic E-state index is 12.0. The van der Waals surface area contributed by atoms with Crippen LogP contribution >= 0.6 is 0 Å². The van der Waals surface area contributed by atoms with Gasteiger partial charge in [-0.3, -0.25) is 19.7 Å². The number of carbonyl (C=O) groups is 2. The van der Waals surface area contributed by atoms with Gasteiger partial charge >= 0.3 is 0 Å². The van der Waals surface area contributed by atoms with Crippen molar-refractivity contribution in [1.29, 1.82) is 0 Å². The predicted molar refractivity (Wildman–Crippen MR) is 96.0 cm³/mol. The molecule has 1 fully saturated rings. The van der Waals surface area contributed by atoms with Crippen LogP contribution in [0.15, 0.2) is 53.6 Å². The Hall–Kier alpha value is -3.55. The van der Waals surface area contributed by atoms with E-state index in [1.54, 1.807) is 24.3 Å². The summed E-state index contributed by atoms with van der Waals surface area (Å²) in [6.07, 6.45) is 3.25. The zero-order valence-corrected chi connectivity index (χ0v) is 13.7. The molecule has 3 rings (SSSR count). The summed E-state index contributed by atoms with van der Waals surface area (Å²) in [5.74, 6) is -0.273. The van der Waals surface area contributed by atoms with Crippen LogP contribution in [0, 0.1) is 16.0 Å². The van der Waals surface area contributed by atoms with E-state index in [1.165, 1.54) is 30.5 Å². The standard InChI is InChI=1S/C18H16N4O4/c23-17(13-3-4-13)20-15-7-5-14(6-8-15)18(24)21-19-11-12-1-9-16(10-2-12)22(25)26/h1-2,5-11,13H,3-4H2,(H,20,23)(H,21,24)/b19-11+. The summed E-state index contributed by atoms with van der Waals surface area (Å²) in [5, 5.41) is 17.2. The van der Waals surface area contributed by atoms with Gasteiger partial charge in [-0.15, -0.1) is 0 Å². The van der Waals surface area contributed by atoms with E-state index in [0.717, 1.165) is 12.8 Å². The molecule has 2 amide bonds. The van der Waals surface area contributed by atoms with Gasteiger partial charge in [0.05, 0.1) is 11.1 Å². The van der Waals surface area contributed by atoms with Crippen LogP contribution in [0.4, 0.5) is 11.4 Å². The second kappa shape index (κ2) is 7.56. The number of hydrazone groups is 1. The van der Waals surface area contributed by atoms with E-state index < -0.39 is 10.8 Å². The zero-order valence-electron chi connectivity index (χ0n) is 13.7. The van der Waals surface area contributed by atoms with E-state index in [-0.39, 0.29) is 17.5 Å². The number of rotatable bonds is 6. The fraction of sp³-hybridized carbons (Fsp3) is 0.167. The number of anilines is 1. The topological polar surface area (TPSA) is 114 Å². The van der Waals surface area contributed by atoms with Crippen molar-refractivity contribution >= 4 is 29.4 Å². The highest BCUT2D eigenvalue weighted by atomic mass is 16.6. The minimum absolute atomic E-state index is 0.00917. The van der Waals surface area contributed by atoms with Gasteiger partial charge in [-0.1, -0.05) is 0 Å². The Morgan fingerprint density at radius 1 is 1.08 bits per heavy atom. The van der Waals surface area contributed by atoms with Gasteiger partial charge in [-0.2, -0.15) is 5.10 Å². The molecule has 0 bridgehead atoms. The minimum atomic E-state index is -0.487. The molecule has 2 N–H and O–H groups in total. The molecule has 0 atom stereocenters. The van der Waals surface area contributed by atoms with Crippen LogP contribution in [0.1, 0.15) is 28.8 Å². The summed E-state index contributed by atoms with van der Waals surface area (Å²) in [7, 11) is 0. The Morgan fingerprint density at radius 3 is 2.31 bits per heavy atom. The first-order valence-corrected chi connectivity index (χ1v) is 8.02. The Balaban J connectivity index is 1.53. The Labute approximate surface area is 149 Å². The number of amides is 2. The molecule has 1 aliphatic rings. The molecule has 1 saturated carbocycles. The lowest BCUT2D eigenvalue weighted by atomic mass is 10.2. The van der Waals surface area contributed by atoms with Crippen LogP contribution in [0.5, 0.6) is 0 Å². The largest absolute Gasteiger partial charge is 0.326 e. The molecule has 0 radical (unpaired) electrons. The molecule has 0 aromatic heterocycles. The van der Waals surface area contributed by atoms with Crippen molar-refractivity contribution in [3.8, 4) is 0 Å². The van der Waals surface area contributed by atoms with Gasteiger partial charge in [0.1, 0.15) is 0 Å².